The third-order valence-electron chi connectivity index (χ3n) is 3.58. The molecule has 2 aromatic rings. The van der Waals surface area contributed by atoms with Crippen molar-refractivity contribution in [2.24, 2.45) is 0 Å². The lowest BCUT2D eigenvalue weighted by molar-refractivity contribution is -0.148. The van der Waals surface area contributed by atoms with E-state index < -0.39 is 5.97 Å². The van der Waals surface area contributed by atoms with E-state index in [1.54, 1.807) is 0 Å². The number of hydrogen-bond donors (Lipinski definition) is 1. The summed E-state index contributed by atoms with van der Waals surface area (Å²) >= 11 is 3.37. The third-order valence-corrected chi connectivity index (χ3v) is 4.11. The molecule has 0 heterocycles. The van der Waals surface area contributed by atoms with Gasteiger partial charge in [0.05, 0.1) is 12.5 Å². The molecule has 0 unspecified atom stereocenters. The van der Waals surface area contributed by atoms with Crippen LogP contribution in [0.5, 0.6) is 0 Å². The molecule has 0 aromatic heterocycles. The van der Waals surface area contributed by atoms with Gasteiger partial charge < -0.3 is 10.1 Å². The van der Waals surface area contributed by atoms with Crippen LogP contribution in [-0.2, 0) is 20.7 Å². The minimum atomic E-state index is -0.412. The van der Waals surface area contributed by atoms with E-state index in [4.69, 9.17) is 4.74 Å². The van der Waals surface area contributed by atoms with E-state index in [-0.39, 0.29) is 25.0 Å². The third kappa shape index (κ3) is 5.81. The topological polar surface area (TPSA) is 55.4 Å². The number of rotatable bonds is 6. The van der Waals surface area contributed by atoms with Gasteiger partial charge in [0.1, 0.15) is 0 Å². The van der Waals surface area contributed by atoms with E-state index in [1.165, 1.54) is 0 Å². The van der Waals surface area contributed by atoms with Crippen LogP contribution in [0.15, 0.2) is 53.0 Å². The highest BCUT2D eigenvalue weighted by molar-refractivity contribution is 9.10. The predicted octanol–water partition coefficient (Wildman–Crippen LogP) is 3.72. The first-order valence-electron chi connectivity index (χ1n) is 7.70. The summed E-state index contributed by atoms with van der Waals surface area (Å²) in [5.41, 5.74) is 2.99. The maximum Gasteiger partial charge on any atom is 0.310 e. The fourth-order valence-electron chi connectivity index (χ4n) is 2.19. The Morgan fingerprint density at radius 1 is 1.08 bits per heavy atom. The Kier molecular flexibility index (Phi) is 6.55. The fraction of sp³-hybridized carbons (Fsp3) is 0.263. The Morgan fingerprint density at radius 3 is 2.33 bits per heavy atom. The molecule has 126 valence electrons. The molecule has 24 heavy (non-hydrogen) atoms. The first-order chi connectivity index (χ1) is 11.4. The van der Waals surface area contributed by atoms with Crippen LogP contribution in [0.1, 0.15) is 29.7 Å². The Bertz CT molecular complexity index is 696. The minimum absolute atomic E-state index is 0.151. The van der Waals surface area contributed by atoms with Crippen molar-refractivity contribution < 1.29 is 14.3 Å². The number of aryl methyl sites for hydroxylation is 1. The molecule has 1 atom stereocenters. The second-order valence-corrected chi connectivity index (χ2v) is 6.58. The number of esters is 1. The first kappa shape index (κ1) is 18.2. The van der Waals surface area contributed by atoms with Gasteiger partial charge in [0.25, 0.3) is 5.91 Å². The largest absolute Gasteiger partial charge is 0.455 e. The molecule has 0 saturated heterocycles. The molecule has 0 fully saturated rings. The maximum absolute atomic E-state index is 11.9. The molecule has 0 aliphatic heterocycles. The van der Waals surface area contributed by atoms with Crippen molar-refractivity contribution in [2.45, 2.75) is 26.3 Å². The molecular weight excluding hydrogens is 370 g/mol. The van der Waals surface area contributed by atoms with Crippen molar-refractivity contribution >= 4 is 27.8 Å². The smallest absolute Gasteiger partial charge is 0.310 e. The summed E-state index contributed by atoms with van der Waals surface area (Å²) in [5, 5.41) is 2.81. The zero-order valence-electron chi connectivity index (χ0n) is 13.7. The number of halogens is 1. The molecule has 5 heteroatoms. The van der Waals surface area contributed by atoms with Crippen LogP contribution >= 0.6 is 15.9 Å². The highest BCUT2D eigenvalue weighted by atomic mass is 79.9. The summed E-state index contributed by atoms with van der Waals surface area (Å²) < 4.78 is 6.02. The van der Waals surface area contributed by atoms with Crippen LogP contribution in [0.2, 0.25) is 0 Å². The number of benzene rings is 2. The Labute approximate surface area is 150 Å². The number of ether oxygens (including phenoxy) is 1. The van der Waals surface area contributed by atoms with E-state index in [0.29, 0.717) is 0 Å². The molecule has 0 bridgehead atoms. The van der Waals surface area contributed by atoms with Gasteiger partial charge in [-0.05, 0) is 37.1 Å². The van der Waals surface area contributed by atoms with Crippen LogP contribution in [0.4, 0.5) is 0 Å². The number of hydrogen-bond acceptors (Lipinski definition) is 3. The summed E-state index contributed by atoms with van der Waals surface area (Å²) in [6, 6.07) is 15.2. The number of carbonyl (C=O) groups excluding carboxylic acids is 2. The standard InChI is InChI=1S/C19H20BrNO3/c1-13-3-5-15(6-4-13)11-19(23)24-12-18(22)21-14(2)16-7-9-17(20)10-8-16/h3-10,14H,11-12H2,1-2H3,(H,21,22)/t14-/m0/s1. The second kappa shape index (κ2) is 8.64. The van der Waals surface area contributed by atoms with Gasteiger partial charge >= 0.3 is 5.97 Å². The van der Waals surface area contributed by atoms with Crippen molar-refractivity contribution in [2.75, 3.05) is 6.61 Å². The van der Waals surface area contributed by atoms with Gasteiger partial charge in [-0.2, -0.15) is 0 Å². The maximum atomic E-state index is 11.9. The molecule has 0 aliphatic carbocycles. The fourth-order valence-corrected chi connectivity index (χ4v) is 2.45. The first-order valence-corrected chi connectivity index (χ1v) is 8.49. The zero-order valence-corrected chi connectivity index (χ0v) is 15.3. The van der Waals surface area contributed by atoms with Gasteiger partial charge in [-0.15, -0.1) is 0 Å². The van der Waals surface area contributed by atoms with E-state index in [9.17, 15) is 9.59 Å². The van der Waals surface area contributed by atoms with Crippen molar-refractivity contribution in [3.8, 4) is 0 Å². The second-order valence-electron chi connectivity index (χ2n) is 5.66. The Balaban J connectivity index is 1.76. The van der Waals surface area contributed by atoms with Crippen molar-refractivity contribution in [3.05, 3.63) is 69.7 Å². The van der Waals surface area contributed by atoms with Gasteiger partial charge in [-0.25, -0.2) is 0 Å². The summed E-state index contributed by atoms with van der Waals surface area (Å²) in [5.74, 6) is -0.729. The lowest BCUT2D eigenvalue weighted by Gasteiger charge is -2.14. The monoisotopic (exact) mass is 389 g/mol. The molecule has 0 spiro atoms. The van der Waals surface area contributed by atoms with Crippen molar-refractivity contribution in [3.63, 3.8) is 0 Å². The summed E-state index contributed by atoms with van der Waals surface area (Å²) in [6.45, 7) is 3.60. The van der Waals surface area contributed by atoms with Crippen LogP contribution < -0.4 is 5.32 Å². The van der Waals surface area contributed by atoms with E-state index in [2.05, 4.69) is 21.2 Å². The van der Waals surface area contributed by atoms with Gasteiger partial charge in [0.2, 0.25) is 0 Å². The van der Waals surface area contributed by atoms with Crippen LogP contribution in [0, 0.1) is 6.92 Å². The van der Waals surface area contributed by atoms with E-state index in [1.807, 2.05) is 62.4 Å². The molecule has 2 rings (SSSR count). The van der Waals surface area contributed by atoms with Gasteiger partial charge in [-0.1, -0.05) is 57.9 Å². The Hall–Kier alpha value is -2.14. The molecule has 0 saturated carbocycles. The van der Waals surface area contributed by atoms with Crippen LogP contribution in [0.3, 0.4) is 0 Å². The molecule has 1 N–H and O–H groups in total. The van der Waals surface area contributed by atoms with Gasteiger partial charge in [0, 0.05) is 4.47 Å². The molecule has 1 amide bonds. The molecule has 2 aromatic carbocycles. The lowest BCUT2D eigenvalue weighted by atomic mass is 10.1. The molecule has 4 nitrogen and oxygen atoms in total. The normalized spacial score (nSPS) is 11.6. The molecular formula is C19H20BrNO3. The highest BCUT2D eigenvalue weighted by Gasteiger charge is 2.12. The predicted molar refractivity (Wildman–Crippen MR) is 96.5 cm³/mol. The van der Waals surface area contributed by atoms with E-state index in [0.717, 1.165) is 21.2 Å². The van der Waals surface area contributed by atoms with Crippen LogP contribution in [-0.4, -0.2) is 18.5 Å². The Morgan fingerprint density at radius 2 is 1.71 bits per heavy atom. The van der Waals surface area contributed by atoms with E-state index >= 15 is 0 Å². The minimum Gasteiger partial charge on any atom is -0.455 e. The average Bonchev–Trinajstić information content (AvgIpc) is 2.55. The quantitative estimate of drug-likeness (QED) is 0.765. The highest BCUT2D eigenvalue weighted by Crippen LogP contribution is 2.16. The summed E-state index contributed by atoms with van der Waals surface area (Å²) in [7, 11) is 0. The lowest BCUT2D eigenvalue weighted by Crippen LogP contribution is -2.31. The van der Waals surface area contributed by atoms with Gasteiger partial charge in [-0.3, -0.25) is 9.59 Å². The van der Waals surface area contributed by atoms with Crippen LogP contribution in [0.25, 0.3) is 0 Å². The summed E-state index contributed by atoms with van der Waals surface area (Å²) in [4.78, 5) is 23.7. The molecule has 0 aliphatic rings. The summed E-state index contributed by atoms with van der Waals surface area (Å²) in [6.07, 6.45) is 0.163. The number of nitrogens with one attached hydrogen (secondary N) is 1. The van der Waals surface area contributed by atoms with Gasteiger partial charge in [0.15, 0.2) is 6.61 Å². The van der Waals surface area contributed by atoms with Crippen molar-refractivity contribution in [1.29, 1.82) is 0 Å². The SMILES string of the molecule is Cc1ccc(CC(=O)OCC(=O)N[C@@H](C)c2ccc(Br)cc2)cc1. The zero-order chi connectivity index (χ0) is 17.5. The van der Waals surface area contributed by atoms with Crippen molar-refractivity contribution in [1.82, 2.24) is 5.32 Å². The number of amides is 1. The number of carbonyl (C=O) groups is 2. The molecule has 0 radical (unpaired) electrons. The average molecular weight is 390 g/mol.